The first-order valence-corrected chi connectivity index (χ1v) is 7.95. The molecule has 0 aromatic heterocycles. The van der Waals surface area contributed by atoms with Crippen molar-refractivity contribution in [3.63, 3.8) is 0 Å². The molecule has 0 saturated carbocycles. The Morgan fingerprint density at radius 1 is 1.18 bits per heavy atom. The Labute approximate surface area is 126 Å². The lowest BCUT2D eigenvalue weighted by molar-refractivity contribution is -0.178. The Hall–Kier alpha value is -2.26. The fourth-order valence-corrected chi connectivity index (χ4v) is 3.14. The average molecular weight is 326 g/mol. The average Bonchev–Trinajstić information content (AvgIpc) is 2.62. The molecule has 0 fully saturated rings. The smallest absolute Gasteiger partial charge is 0.329 e. The van der Waals surface area contributed by atoms with Crippen molar-refractivity contribution in [2.24, 2.45) is 10.6 Å². The lowest BCUT2D eigenvalue weighted by Crippen LogP contribution is -2.42. The van der Waals surface area contributed by atoms with Crippen LogP contribution in [0.15, 0.2) is 24.3 Å². The zero-order chi connectivity index (χ0) is 16.7. The lowest BCUT2D eigenvalue weighted by atomic mass is 9.97. The van der Waals surface area contributed by atoms with Gasteiger partial charge in [-0.25, -0.2) is 18.4 Å². The molecular formula is C13H14N2O6S. The Balaban J connectivity index is 2.21. The van der Waals surface area contributed by atoms with Crippen LogP contribution in [0.1, 0.15) is 34.6 Å². The molecule has 1 heterocycles. The monoisotopic (exact) mass is 326 g/mol. The number of benzene rings is 1. The van der Waals surface area contributed by atoms with Gasteiger partial charge < -0.3 is 4.84 Å². The summed E-state index contributed by atoms with van der Waals surface area (Å²) in [5.74, 6) is -3.28. The van der Waals surface area contributed by atoms with E-state index in [1.54, 1.807) is 12.1 Å². The van der Waals surface area contributed by atoms with Gasteiger partial charge in [0.05, 0.1) is 22.3 Å². The highest BCUT2D eigenvalue weighted by Gasteiger charge is 2.42. The molecule has 1 aliphatic heterocycles. The number of hydrogen-bond acceptors (Lipinski definition) is 6. The van der Waals surface area contributed by atoms with Crippen molar-refractivity contribution in [1.29, 1.82) is 0 Å². The van der Waals surface area contributed by atoms with Crippen LogP contribution in [-0.2, 0) is 19.7 Å². The van der Waals surface area contributed by atoms with Gasteiger partial charge in [-0.2, -0.15) is 0 Å². The van der Waals surface area contributed by atoms with Crippen molar-refractivity contribution >= 4 is 27.8 Å². The van der Waals surface area contributed by atoms with Gasteiger partial charge in [0.15, 0.2) is 0 Å². The van der Waals surface area contributed by atoms with Crippen LogP contribution in [0.4, 0.5) is 0 Å². The summed E-state index contributed by atoms with van der Waals surface area (Å²) < 4.78 is 22.2. The number of amides is 2. The van der Waals surface area contributed by atoms with Crippen LogP contribution in [0.3, 0.4) is 0 Å². The molecule has 118 valence electrons. The van der Waals surface area contributed by atoms with Gasteiger partial charge in [-0.05, 0) is 26.0 Å². The SMILES string of the molecule is CC(C)(CS(N)(=O)=O)C(=O)ON1C(=O)c2ccccc2C1=O. The quantitative estimate of drug-likeness (QED) is 0.780. The Bertz CT molecular complexity index is 733. The number of imide groups is 1. The molecule has 0 aliphatic carbocycles. The Kier molecular flexibility index (Phi) is 3.80. The lowest BCUT2D eigenvalue weighted by Gasteiger charge is -2.23. The number of nitrogens with two attached hydrogens (primary N) is 1. The number of hydroxylamine groups is 2. The third-order valence-corrected chi connectivity index (χ3v) is 4.17. The fourth-order valence-electron chi connectivity index (χ4n) is 2.02. The van der Waals surface area contributed by atoms with Gasteiger partial charge in [-0.15, -0.1) is 0 Å². The maximum Gasteiger partial charge on any atom is 0.339 e. The first-order valence-electron chi connectivity index (χ1n) is 6.23. The second-order valence-electron chi connectivity index (χ2n) is 5.52. The van der Waals surface area contributed by atoms with Crippen LogP contribution in [0.5, 0.6) is 0 Å². The molecule has 2 N–H and O–H groups in total. The molecule has 0 bridgehead atoms. The fraction of sp³-hybridized carbons (Fsp3) is 0.308. The predicted octanol–water partition coefficient (Wildman–Crippen LogP) is 0.0555. The van der Waals surface area contributed by atoms with Crippen LogP contribution in [0, 0.1) is 5.41 Å². The van der Waals surface area contributed by atoms with Gasteiger partial charge in [0.2, 0.25) is 10.0 Å². The zero-order valence-electron chi connectivity index (χ0n) is 11.9. The van der Waals surface area contributed by atoms with E-state index in [0.717, 1.165) is 0 Å². The van der Waals surface area contributed by atoms with E-state index in [9.17, 15) is 22.8 Å². The van der Waals surface area contributed by atoms with Crippen molar-refractivity contribution in [3.05, 3.63) is 35.4 Å². The third-order valence-electron chi connectivity index (χ3n) is 3.05. The largest absolute Gasteiger partial charge is 0.339 e. The summed E-state index contributed by atoms with van der Waals surface area (Å²) in [6.07, 6.45) is 0. The summed E-state index contributed by atoms with van der Waals surface area (Å²) in [7, 11) is -3.93. The molecular weight excluding hydrogens is 312 g/mol. The molecule has 8 nitrogen and oxygen atoms in total. The van der Waals surface area contributed by atoms with E-state index in [-0.39, 0.29) is 11.1 Å². The normalized spacial score (nSPS) is 15.0. The topological polar surface area (TPSA) is 124 Å². The minimum Gasteiger partial charge on any atom is -0.329 e. The Morgan fingerprint density at radius 3 is 2.05 bits per heavy atom. The van der Waals surface area contributed by atoms with Crippen LogP contribution in [-0.4, -0.2) is 37.0 Å². The second-order valence-corrected chi connectivity index (χ2v) is 7.13. The molecule has 0 saturated heterocycles. The first-order chi connectivity index (χ1) is 10.0. The van der Waals surface area contributed by atoms with Gasteiger partial charge >= 0.3 is 5.97 Å². The number of carbonyl (C=O) groups excluding carboxylic acids is 3. The third kappa shape index (κ3) is 3.00. The molecule has 2 amide bonds. The van der Waals surface area contributed by atoms with E-state index in [4.69, 9.17) is 9.98 Å². The van der Waals surface area contributed by atoms with Gasteiger partial charge in [0.25, 0.3) is 11.8 Å². The molecule has 9 heteroatoms. The molecule has 1 aromatic carbocycles. The maximum atomic E-state index is 12.1. The molecule has 0 radical (unpaired) electrons. The first kappa shape index (κ1) is 16.1. The minimum atomic E-state index is -3.93. The van der Waals surface area contributed by atoms with Gasteiger partial charge in [0, 0.05) is 0 Å². The van der Waals surface area contributed by atoms with Crippen molar-refractivity contribution in [2.45, 2.75) is 13.8 Å². The molecule has 0 spiro atoms. The summed E-state index contributed by atoms with van der Waals surface area (Å²) in [6, 6.07) is 6.00. The Morgan fingerprint density at radius 2 is 1.64 bits per heavy atom. The number of nitrogens with zero attached hydrogens (tertiary/aromatic N) is 1. The summed E-state index contributed by atoms with van der Waals surface area (Å²) in [6.45, 7) is 2.58. The van der Waals surface area contributed by atoms with Crippen molar-refractivity contribution in [2.75, 3.05) is 5.75 Å². The van der Waals surface area contributed by atoms with Gasteiger partial charge in [0.1, 0.15) is 0 Å². The number of hydrogen-bond donors (Lipinski definition) is 1. The summed E-state index contributed by atoms with van der Waals surface area (Å²) in [5.41, 5.74) is -1.28. The highest BCUT2D eigenvalue weighted by Crippen LogP contribution is 2.26. The summed E-state index contributed by atoms with van der Waals surface area (Å²) in [4.78, 5) is 40.9. The van der Waals surface area contributed by atoms with Crippen molar-refractivity contribution in [3.8, 4) is 0 Å². The molecule has 0 unspecified atom stereocenters. The minimum absolute atomic E-state index is 0.115. The highest BCUT2D eigenvalue weighted by atomic mass is 32.2. The van der Waals surface area contributed by atoms with E-state index in [0.29, 0.717) is 5.06 Å². The van der Waals surface area contributed by atoms with E-state index in [1.165, 1.54) is 26.0 Å². The van der Waals surface area contributed by atoms with E-state index in [2.05, 4.69) is 0 Å². The number of fused-ring (bicyclic) bond motifs is 1. The predicted molar refractivity (Wildman–Crippen MR) is 74.8 cm³/mol. The standard InChI is InChI=1S/C13H14N2O6S/c1-13(2,7-22(14,19)20)12(18)21-15-10(16)8-5-3-4-6-9(8)11(15)17/h3-6H,7H2,1-2H3,(H2,14,19,20). The van der Waals surface area contributed by atoms with Crippen LogP contribution >= 0.6 is 0 Å². The van der Waals surface area contributed by atoms with E-state index < -0.39 is 39.0 Å². The zero-order valence-corrected chi connectivity index (χ0v) is 12.7. The van der Waals surface area contributed by atoms with Crippen LogP contribution < -0.4 is 5.14 Å². The molecule has 0 atom stereocenters. The maximum absolute atomic E-state index is 12.1. The molecule has 22 heavy (non-hydrogen) atoms. The number of sulfonamides is 1. The van der Waals surface area contributed by atoms with Crippen LogP contribution in [0.25, 0.3) is 0 Å². The molecule has 2 rings (SSSR count). The van der Waals surface area contributed by atoms with E-state index >= 15 is 0 Å². The summed E-state index contributed by atoms with van der Waals surface area (Å²) >= 11 is 0. The van der Waals surface area contributed by atoms with Crippen molar-refractivity contribution < 1.29 is 27.6 Å². The van der Waals surface area contributed by atoms with Crippen LogP contribution in [0.2, 0.25) is 0 Å². The highest BCUT2D eigenvalue weighted by molar-refractivity contribution is 7.89. The number of rotatable bonds is 4. The summed E-state index contributed by atoms with van der Waals surface area (Å²) in [5, 5.41) is 5.24. The molecule has 1 aliphatic rings. The molecule has 1 aromatic rings. The van der Waals surface area contributed by atoms with E-state index in [1.807, 2.05) is 0 Å². The number of carbonyl (C=O) groups is 3. The number of primary sulfonamides is 1. The van der Waals surface area contributed by atoms with Gasteiger partial charge in [-0.3, -0.25) is 9.59 Å². The van der Waals surface area contributed by atoms with Gasteiger partial charge in [-0.1, -0.05) is 17.2 Å². The van der Waals surface area contributed by atoms with Crippen molar-refractivity contribution in [1.82, 2.24) is 5.06 Å². The second kappa shape index (κ2) is 5.18.